The Hall–Kier alpha value is -3.03. The van der Waals surface area contributed by atoms with Gasteiger partial charge in [-0.05, 0) is 54.4 Å². The maximum atomic E-state index is 10.1. The average molecular weight is 486 g/mol. The van der Waals surface area contributed by atoms with Crippen LogP contribution in [0.15, 0.2) is 60.7 Å². The predicted octanol–water partition coefficient (Wildman–Crippen LogP) is 6.08. The van der Waals surface area contributed by atoms with Crippen LogP contribution >= 0.6 is 27.7 Å². The molecule has 30 heavy (non-hydrogen) atoms. The second-order valence-corrected chi connectivity index (χ2v) is 7.61. The molecule has 1 heterocycles. The van der Waals surface area contributed by atoms with Gasteiger partial charge in [-0.25, -0.2) is 4.98 Å². The Labute approximate surface area is 187 Å². The molecule has 0 radical (unpaired) electrons. The highest BCUT2D eigenvalue weighted by atomic mass is 79.9. The lowest BCUT2D eigenvalue weighted by Gasteiger charge is -2.18. The highest BCUT2D eigenvalue weighted by Gasteiger charge is 2.16. The van der Waals surface area contributed by atoms with Gasteiger partial charge in [0.2, 0.25) is 5.95 Å². The number of halogens is 2. The summed E-state index contributed by atoms with van der Waals surface area (Å²) < 4.78 is 7.30. The molecule has 0 unspecified atom stereocenters. The number of hydrogen-bond acceptors (Lipinski definition) is 6. The molecule has 4 aromatic rings. The zero-order chi connectivity index (χ0) is 21.3. The van der Waals surface area contributed by atoms with Gasteiger partial charge >= 0.3 is 0 Å². The lowest BCUT2D eigenvalue weighted by atomic mass is 10.0. The molecular weight excluding hydrogens is 468 g/mol. The molecule has 0 saturated carbocycles. The number of rotatable bonds is 5. The van der Waals surface area contributed by atoms with E-state index in [0.717, 1.165) is 22.2 Å². The Balaban J connectivity index is 1.88. The molecule has 0 aliphatic rings. The number of ether oxygens (including phenoxy) is 1. The molecule has 8 heteroatoms. The monoisotopic (exact) mass is 484 g/mol. The van der Waals surface area contributed by atoms with Crippen molar-refractivity contribution in [2.24, 2.45) is 0 Å². The summed E-state index contributed by atoms with van der Waals surface area (Å²) in [5, 5.41) is 11.2. The minimum Gasteiger partial charge on any atom is -0.503 e. The number of aromatic hydroxyl groups is 1. The summed E-state index contributed by atoms with van der Waals surface area (Å²) in [5.41, 5.74) is 9.22. The lowest BCUT2D eigenvalue weighted by molar-refractivity contribution is 0.318. The number of para-hydroxylation sites is 1. The predicted molar refractivity (Wildman–Crippen MR) is 125 cm³/mol. The van der Waals surface area contributed by atoms with Crippen LogP contribution < -0.4 is 14.4 Å². The van der Waals surface area contributed by atoms with Crippen LogP contribution in [0, 0.1) is 0 Å². The topological polar surface area (TPSA) is 84.5 Å². The zero-order valence-electron chi connectivity index (χ0n) is 16.0. The third-order valence-electron chi connectivity index (χ3n) is 4.52. The number of hydrogen-bond donors (Lipinski definition) is 2. The van der Waals surface area contributed by atoms with Crippen LogP contribution in [0.4, 0.5) is 17.5 Å². The molecule has 0 spiro atoms. The fourth-order valence-corrected chi connectivity index (χ4v) is 3.86. The normalized spacial score (nSPS) is 10.9. The second-order valence-electron chi connectivity index (χ2n) is 6.49. The van der Waals surface area contributed by atoms with Gasteiger partial charge in [0.05, 0.1) is 39.0 Å². The molecule has 1 aromatic heterocycles. The van der Waals surface area contributed by atoms with Crippen molar-refractivity contribution >= 4 is 56.1 Å². The number of nitrogens with two attached hydrogens (primary N) is 1. The van der Waals surface area contributed by atoms with Gasteiger partial charge in [0.1, 0.15) is 0 Å². The standard InChI is InChI=1S/C22H18BrClN4O2/c1-2-30-19-12-14(11-17(24)20(19)29)13-8-9-18-16(10-13)21(27-22(25)26-18)28(23)15-6-4-3-5-7-15/h3-12,29H,2H2,1H3,(H2,25,26,27). The van der Waals surface area contributed by atoms with Crippen LogP contribution in [-0.2, 0) is 0 Å². The van der Waals surface area contributed by atoms with Crippen LogP contribution in [-0.4, -0.2) is 21.7 Å². The van der Waals surface area contributed by atoms with Crippen LogP contribution in [0.1, 0.15) is 6.92 Å². The Morgan fingerprint density at radius 1 is 1.07 bits per heavy atom. The second kappa shape index (κ2) is 8.38. The summed E-state index contributed by atoms with van der Waals surface area (Å²) in [4.78, 5) is 8.80. The summed E-state index contributed by atoms with van der Waals surface area (Å²) in [6.07, 6.45) is 0. The molecule has 3 aromatic carbocycles. The minimum absolute atomic E-state index is 0.0736. The van der Waals surface area contributed by atoms with Gasteiger partial charge in [-0.15, -0.1) is 0 Å². The van der Waals surface area contributed by atoms with Gasteiger partial charge in [-0.3, -0.25) is 3.93 Å². The van der Waals surface area contributed by atoms with E-state index in [1.807, 2.05) is 55.5 Å². The van der Waals surface area contributed by atoms with E-state index in [0.29, 0.717) is 23.7 Å². The Bertz CT molecular complexity index is 1220. The molecule has 152 valence electrons. The van der Waals surface area contributed by atoms with Crippen molar-refractivity contribution < 1.29 is 9.84 Å². The van der Waals surface area contributed by atoms with Crippen LogP contribution in [0.25, 0.3) is 22.0 Å². The molecule has 0 aliphatic carbocycles. The van der Waals surface area contributed by atoms with Crippen molar-refractivity contribution in [3.8, 4) is 22.6 Å². The van der Waals surface area contributed by atoms with Crippen molar-refractivity contribution in [1.29, 1.82) is 0 Å². The van der Waals surface area contributed by atoms with Gasteiger partial charge in [0, 0.05) is 5.39 Å². The first-order valence-electron chi connectivity index (χ1n) is 9.22. The number of phenols is 1. The Kier molecular flexibility index (Phi) is 5.65. The number of phenolic OH excluding ortho intramolecular Hbond substituents is 1. The van der Waals surface area contributed by atoms with Gasteiger partial charge in [0.15, 0.2) is 17.3 Å². The number of aromatic nitrogens is 2. The summed E-state index contributed by atoms with van der Waals surface area (Å²) in [5.74, 6) is 1.05. The first kappa shape index (κ1) is 20.3. The van der Waals surface area contributed by atoms with E-state index in [9.17, 15) is 5.11 Å². The summed E-state index contributed by atoms with van der Waals surface area (Å²) in [7, 11) is 0. The van der Waals surface area contributed by atoms with Gasteiger partial charge in [-0.1, -0.05) is 35.9 Å². The number of fused-ring (bicyclic) bond motifs is 1. The van der Waals surface area contributed by atoms with Gasteiger partial charge < -0.3 is 15.6 Å². The van der Waals surface area contributed by atoms with Crippen molar-refractivity contribution in [1.82, 2.24) is 9.97 Å². The van der Waals surface area contributed by atoms with Crippen molar-refractivity contribution in [2.75, 3.05) is 16.3 Å². The number of nitrogen functional groups attached to an aromatic ring is 1. The molecule has 0 saturated heterocycles. The van der Waals surface area contributed by atoms with E-state index >= 15 is 0 Å². The number of benzene rings is 3. The highest BCUT2D eigenvalue weighted by Crippen LogP contribution is 2.40. The van der Waals surface area contributed by atoms with Crippen LogP contribution in [0.3, 0.4) is 0 Å². The molecule has 0 amide bonds. The smallest absolute Gasteiger partial charge is 0.222 e. The van der Waals surface area contributed by atoms with E-state index in [4.69, 9.17) is 22.1 Å². The van der Waals surface area contributed by atoms with E-state index < -0.39 is 0 Å². The molecule has 6 nitrogen and oxygen atoms in total. The SMILES string of the molecule is CCOc1cc(-c2ccc3nc(N)nc(N(Br)c4ccccc4)c3c2)cc(Cl)c1O. The van der Waals surface area contributed by atoms with Crippen molar-refractivity contribution in [3.63, 3.8) is 0 Å². The quantitative estimate of drug-likeness (QED) is 0.333. The van der Waals surface area contributed by atoms with Crippen LogP contribution in [0.2, 0.25) is 5.02 Å². The maximum absolute atomic E-state index is 10.1. The third kappa shape index (κ3) is 3.86. The summed E-state index contributed by atoms with van der Waals surface area (Å²) in [6, 6.07) is 18.9. The lowest BCUT2D eigenvalue weighted by Crippen LogP contribution is -2.07. The van der Waals surface area contributed by atoms with Gasteiger partial charge in [0.25, 0.3) is 0 Å². The number of nitrogens with zero attached hydrogens (tertiary/aromatic N) is 3. The molecule has 3 N–H and O–H groups in total. The van der Waals surface area contributed by atoms with Crippen molar-refractivity contribution in [2.45, 2.75) is 6.92 Å². The van der Waals surface area contributed by atoms with E-state index in [1.54, 1.807) is 16.1 Å². The van der Waals surface area contributed by atoms with E-state index in [1.165, 1.54) is 0 Å². The summed E-state index contributed by atoms with van der Waals surface area (Å²) >= 11 is 9.82. The largest absolute Gasteiger partial charge is 0.503 e. The first-order chi connectivity index (χ1) is 14.5. The third-order valence-corrected chi connectivity index (χ3v) is 5.56. The molecule has 4 rings (SSSR count). The zero-order valence-corrected chi connectivity index (χ0v) is 18.4. The molecule has 0 bridgehead atoms. The molecule has 0 fully saturated rings. The number of anilines is 3. The molecule has 0 aliphatic heterocycles. The molecular formula is C22H18BrClN4O2. The van der Waals surface area contributed by atoms with Crippen molar-refractivity contribution in [3.05, 3.63) is 65.7 Å². The van der Waals surface area contributed by atoms with Crippen LogP contribution in [0.5, 0.6) is 11.5 Å². The Morgan fingerprint density at radius 3 is 2.57 bits per heavy atom. The first-order valence-corrected chi connectivity index (χ1v) is 10.3. The summed E-state index contributed by atoms with van der Waals surface area (Å²) in [6.45, 7) is 2.26. The van der Waals surface area contributed by atoms with E-state index in [-0.39, 0.29) is 16.7 Å². The fraction of sp³-hybridized carbons (Fsp3) is 0.0909. The van der Waals surface area contributed by atoms with E-state index in [2.05, 4.69) is 26.1 Å². The highest BCUT2D eigenvalue weighted by molar-refractivity contribution is 9.10. The minimum atomic E-state index is -0.0736. The average Bonchev–Trinajstić information content (AvgIpc) is 2.76. The van der Waals surface area contributed by atoms with Gasteiger partial charge in [-0.2, -0.15) is 4.98 Å². The Morgan fingerprint density at radius 2 is 1.83 bits per heavy atom. The maximum Gasteiger partial charge on any atom is 0.222 e. The fourth-order valence-electron chi connectivity index (χ4n) is 3.15. The molecule has 0 atom stereocenters.